The van der Waals surface area contributed by atoms with Crippen molar-refractivity contribution in [3.05, 3.63) is 182 Å². The molecular formula is C109H186O16P2. The van der Waals surface area contributed by atoms with Gasteiger partial charge in [-0.2, -0.15) is 0 Å². The second-order valence-corrected chi connectivity index (χ2v) is 36.8. The van der Waals surface area contributed by atoms with Crippen molar-refractivity contribution in [2.45, 2.75) is 450 Å². The van der Waals surface area contributed by atoms with Crippen molar-refractivity contribution < 1.29 is 75.8 Å². The van der Waals surface area contributed by atoms with Gasteiger partial charge in [0.25, 0.3) is 0 Å². The van der Waals surface area contributed by atoms with Crippen LogP contribution in [-0.4, -0.2) is 95.9 Å². The number of aliphatic hydroxyl groups excluding tert-OH is 2. The van der Waals surface area contributed by atoms with E-state index < -0.39 is 91.5 Å². The van der Waals surface area contributed by atoms with E-state index in [1.165, 1.54) is 199 Å². The fourth-order valence-corrected chi connectivity index (χ4v) is 15.5. The van der Waals surface area contributed by atoms with Crippen LogP contribution in [0.2, 0.25) is 0 Å². The third-order valence-corrected chi connectivity index (χ3v) is 23.5. The number of phosphoric acid groups is 2. The van der Waals surface area contributed by atoms with Gasteiger partial charge in [-0.25, -0.2) is 9.13 Å². The van der Waals surface area contributed by atoms with Gasteiger partial charge >= 0.3 is 33.6 Å². The highest BCUT2D eigenvalue weighted by Gasteiger charge is 2.30. The van der Waals surface area contributed by atoms with Crippen LogP contribution in [0.1, 0.15) is 432 Å². The van der Waals surface area contributed by atoms with Crippen molar-refractivity contribution in [3.63, 3.8) is 0 Å². The molecule has 0 aromatic rings. The van der Waals surface area contributed by atoms with E-state index in [1.54, 1.807) is 0 Å². The highest BCUT2D eigenvalue weighted by atomic mass is 31.2. The topological polar surface area (TPSA) is 231 Å². The Hall–Kier alpha value is -5.35. The third kappa shape index (κ3) is 101. The summed E-state index contributed by atoms with van der Waals surface area (Å²) in [5, 5.41) is 20.8. The van der Waals surface area contributed by atoms with Crippen LogP contribution in [0, 0.1) is 0 Å². The predicted molar refractivity (Wildman–Crippen MR) is 537 cm³/mol. The number of rotatable bonds is 96. The van der Waals surface area contributed by atoms with Crippen LogP contribution in [0.25, 0.3) is 0 Å². The van der Waals surface area contributed by atoms with E-state index in [4.69, 9.17) is 32.3 Å². The normalized spacial score (nSPS) is 14.4. The summed E-state index contributed by atoms with van der Waals surface area (Å²) in [5.74, 6) is -1.57. The van der Waals surface area contributed by atoms with Gasteiger partial charge in [-0.3, -0.25) is 32.5 Å². The van der Waals surface area contributed by atoms with E-state index >= 15 is 0 Å². The van der Waals surface area contributed by atoms with Crippen LogP contribution in [0.15, 0.2) is 182 Å². The molecule has 0 aliphatic rings. The van der Waals surface area contributed by atoms with Gasteiger partial charge in [0.1, 0.15) is 25.4 Å². The molecule has 127 heavy (non-hydrogen) atoms. The lowest BCUT2D eigenvalue weighted by Gasteiger charge is -2.21. The molecule has 0 radical (unpaired) electrons. The zero-order chi connectivity index (χ0) is 92.1. The molecule has 0 saturated heterocycles. The maximum absolute atomic E-state index is 13.1. The Morgan fingerprint density at radius 2 is 0.417 bits per heavy atom. The Morgan fingerprint density at radius 3 is 0.661 bits per heavy atom. The van der Waals surface area contributed by atoms with E-state index in [1.807, 2.05) is 0 Å². The fraction of sp³-hybridized carbons (Fsp3) is 0.697. The molecule has 0 rings (SSSR count). The lowest BCUT2D eigenvalue weighted by atomic mass is 10.0. The number of carbonyl (C=O) groups excluding carboxylic acids is 3. The molecule has 728 valence electrons. The SMILES string of the molecule is CC/C=C\C/C=C\C/C=C\C/C=C\C/C=C\C/C=C\CCCCCCCCCCCCC(=O)OCC(COP(=O)(O)OCC(O)COP(=O)(O)OCC(O)COC(=O)CCCCCCCCCCCCCCCCCCC/C=C\C/C=C\C/C=C\C/C=C\C/C=C\CC)OC(=O)CCCCCCCCCCCCCCC/C=C\C/C=C\C/C=C\C/C=C\CCCCC. The van der Waals surface area contributed by atoms with Gasteiger partial charge in [-0.15, -0.1) is 0 Å². The molecule has 0 aromatic carbocycles. The zero-order valence-electron chi connectivity index (χ0n) is 80.6. The fourth-order valence-electron chi connectivity index (χ4n) is 13.9. The van der Waals surface area contributed by atoms with Gasteiger partial charge in [0.15, 0.2) is 6.10 Å². The third-order valence-electron chi connectivity index (χ3n) is 21.6. The Balaban J connectivity index is 4.62. The first-order valence-electron chi connectivity index (χ1n) is 51.1. The standard InChI is InChI=1S/C109H186O16P2/c1-4-7-10-13-16-19-22-25-28-31-34-37-40-43-46-49-50-51-52-55-57-59-62-65-68-71-74-77-80-83-86-89-92-95-107(112)119-98-104(110)99-121-126(115,116)122-100-105(111)101-123-127(117,118)124-103-106(125-109(114)97-94-91-88-85-82-79-76-73-70-67-64-61-58-54-48-45-42-39-36-33-30-27-24-21-18-15-12-9-6-3)102-120-108(113)96-93-90-87-84-81-78-75-72-69-66-63-60-56-53-47-44-41-38-35-32-29-26-23-20-17-14-11-8-5-2/h7-8,10-11,16-21,25-30,34-39,43-48,56,60,104-106,110-111H,4-6,9,12-15,22-24,31-33,40-42,49-55,57-59,61-103H2,1-3H3,(H,115,116)(H,117,118)/b10-7-,11-8-,19-16-,20-17-,21-18-,28-25-,29-26-,30-27-,37-34-,38-35-,39-36-,46-43-,47-44-,48-45-,60-56-. The number of aliphatic hydroxyl groups is 2. The van der Waals surface area contributed by atoms with Crippen molar-refractivity contribution >= 4 is 33.6 Å². The van der Waals surface area contributed by atoms with Crippen LogP contribution in [-0.2, 0) is 55.8 Å². The minimum atomic E-state index is -4.95. The zero-order valence-corrected chi connectivity index (χ0v) is 82.4. The lowest BCUT2D eigenvalue weighted by Crippen LogP contribution is -2.30. The molecular weight excluding hydrogens is 1630 g/mol. The number of hydrogen-bond donors (Lipinski definition) is 4. The number of esters is 3. The average Bonchev–Trinajstić information content (AvgIpc) is 0.899. The summed E-state index contributed by atoms with van der Waals surface area (Å²) < 4.78 is 61.7. The molecule has 4 N–H and O–H groups in total. The van der Waals surface area contributed by atoms with Gasteiger partial charge in [0, 0.05) is 19.3 Å². The van der Waals surface area contributed by atoms with Crippen molar-refractivity contribution in [1.29, 1.82) is 0 Å². The summed E-state index contributed by atoms with van der Waals surface area (Å²) in [4.78, 5) is 59.2. The van der Waals surface area contributed by atoms with Crippen molar-refractivity contribution in [3.8, 4) is 0 Å². The molecule has 0 fully saturated rings. The molecule has 0 spiro atoms. The molecule has 5 unspecified atom stereocenters. The molecule has 0 aliphatic heterocycles. The lowest BCUT2D eigenvalue weighted by molar-refractivity contribution is -0.161. The number of phosphoric ester groups is 2. The molecule has 0 saturated carbocycles. The molecule has 0 bridgehead atoms. The molecule has 0 heterocycles. The smallest absolute Gasteiger partial charge is 0.463 e. The van der Waals surface area contributed by atoms with E-state index in [0.29, 0.717) is 19.3 Å². The maximum Gasteiger partial charge on any atom is 0.472 e. The quantitative estimate of drug-likeness (QED) is 0.0146. The first-order valence-corrected chi connectivity index (χ1v) is 54.1. The highest BCUT2D eigenvalue weighted by Crippen LogP contribution is 2.45. The van der Waals surface area contributed by atoms with Gasteiger partial charge < -0.3 is 34.2 Å². The Labute approximate surface area is 776 Å². The number of unbranched alkanes of at least 4 members (excludes halogenated alkanes) is 43. The van der Waals surface area contributed by atoms with Gasteiger partial charge in [-0.05, 0) is 161 Å². The average molecular weight is 1810 g/mol. The van der Waals surface area contributed by atoms with Crippen LogP contribution < -0.4 is 0 Å². The minimum absolute atomic E-state index is 0.0979. The first kappa shape index (κ1) is 122. The van der Waals surface area contributed by atoms with Gasteiger partial charge in [0.2, 0.25) is 0 Å². The number of carbonyl (C=O) groups is 3. The summed E-state index contributed by atoms with van der Waals surface area (Å²) in [6.07, 6.45) is 132. The van der Waals surface area contributed by atoms with Gasteiger partial charge in [-0.1, -0.05) is 434 Å². The van der Waals surface area contributed by atoms with Crippen molar-refractivity contribution in [2.24, 2.45) is 0 Å². The van der Waals surface area contributed by atoms with E-state index in [9.17, 15) is 43.5 Å². The molecule has 16 nitrogen and oxygen atoms in total. The van der Waals surface area contributed by atoms with Crippen molar-refractivity contribution in [2.75, 3.05) is 39.6 Å². The molecule has 18 heteroatoms. The number of ether oxygens (including phenoxy) is 3. The second kappa shape index (κ2) is 99.7. The highest BCUT2D eigenvalue weighted by molar-refractivity contribution is 7.47. The minimum Gasteiger partial charge on any atom is -0.463 e. The summed E-state index contributed by atoms with van der Waals surface area (Å²) in [6.45, 7) is 2.49. The maximum atomic E-state index is 13.1. The largest absolute Gasteiger partial charge is 0.472 e. The molecule has 0 amide bonds. The Kier molecular flexibility index (Phi) is 95.5. The van der Waals surface area contributed by atoms with E-state index in [0.717, 1.165) is 173 Å². The van der Waals surface area contributed by atoms with Crippen LogP contribution >= 0.6 is 15.6 Å². The van der Waals surface area contributed by atoms with Crippen LogP contribution in [0.3, 0.4) is 0 Å². The first-order chi connectivity index (χ1) is 62.2. The van der Waals surface area contributed by atoms with Crippen LogP contribution in [0.4, 0.5) is 0 Å². The second-order valence-electron chi connectivity index (χ2n) is 33.9. The summed E-state index contributed by atoms with van der Waals surface area (Å²) in [7, 11) is -9.82. The monoisotopic (exact) mass is 1810 g/mol. The predicted octanol–water partition coefficient (Wildman–Crippen LogP) is 32.3. The number of hydrogen-bond acceptors (Lipinski definition) is 14. The van der Waals surface area contributed by atoms with Crippen LogP contribution in [0.5, 0.6) is 0 Å². The summed E-state index contributed by atoms with van der Waals surface area (Å²) in [6, 6.07) is 0. The van der Waals surface area contributed by atoms with Gasteiger partial charge in [0.05, 0.1) is 26.4 Å². The number of allylic oxidation sites excluding steroid dienone is 30. The van der Waals surface area contributed by atoms with E-state index in [2.05, 4.69) is 203 Å². The Bertz CT molecular complexity index is 3040. The van der Waals surface area contributed by atoms with Crippen molar-refractivity contribution in [1.82, 2.24) is 0 Å². The van der Waals surface area contributed by atoms with E-state index in [-0.39, 0.29) is 19.3 Å². The molecule has 0 aromatic heterocycles. The Morgan fingerprint density at radius 1 is 0.228 bits per heavy atom. The summed E-state index contributed by atoms with van der Waals surface area (Å²) >= 11 is 0. The molecule has 0 aliphatic carbocycles. The summed E-state index contributed by atoms with van der Waals surface area (Å²) in [5.41, 5.74) is 0. The molecule has 5 atom stereocenters.